The van der Waals surface area contributed by atoms with E-state index in [1.165, 1.54) is 0 Å². The second kappa shape index (κ2) is 14.4. The Morgan fingerprint density at radius 1 is 0.676 bits per heavy atom. The first kappa shape index (κ1) is 26.8. The minimum Gasteiger partial charge on any atom is -0.459 e. The summed E-state index contributed by atoms with van der Waals surface area (Å²) < 4.78 is 30.9. The standard InChI is InChI=1S/C31H34O6/c1-2-12-27-29(36-23-32)31(35-21-26-17-10-5-11-18-26)30(34-20-25-15-8-4-9-16-25)28(37-27)22-33-19-24-13-6-3-7-14-24/h2-11,13-18,23,27-31H,1,12,19-22H2/t27-,28+,29+,30+,31+/m0/s1. The Balaban J connectivity index is 1.56. The molecule has 0 saturated carbocycles. The zero-order valence-corrected chi connectivity index (χ0v) is 20.9. The first-order valence-electron chi connectivity index (χ1n) is 12.6. The molecule has 0 spiro atoms. The maximum Gasteiger partial charge on any atom is 0.293 e. The number of hydrogen-bond donors (Lipinski definition) is 0. The summed E-state index contributed by atoms with van der Waals surface area (Å²) in [6.45, 7) is 5.75. The van der Waals surface area contributed by atoms with Crippen LogP contribution in [-0.2, 0) is 48.3 Å². The molecular weight excluding hydrogens is 468 g/mol. The molecule has 4 rings (SSSR count). The van der Waals surface area contributed by atoms with Crippen molar-refractivity contribution in [2.24, 2.45) is 0 Å². The van der Waals surface area contributed by atoms with Crippen molar-refractivity contribution in [1.29, 1.82) is 0 Å². The van der Waals surface area contributed by atoms with Gasteiger partial charge in [0.05, 0.1) is 26.4 Å². The predicted molar refractivity (Wildman–Crippen MR) is 141 cm³/mol. The SMILES string of the molecule is C=CC[C@@H]1O[C@H](COCc2ccccc2)[C@@H](OCc2ccccc2)[C@H](OCc2ccccc2)[C@@H]1OC=O. The van der Waals surface area contributed by atoms with Gasteiger partial charge in [-0.1, -0.05) is 97.1 Å². The third kappa shape index (κ3) is 7.84. The van der Waals surface area contributed by atoms with E-state index in [1.54, 1.807) is 6.08 Å². The monoisotopic (exact) mass is 502 g/mol. The lowest BCUT2D eigenvalue weighted by molar-refractivity contribution is -0.262. The van der Waals surface area contributed by atoms with E-state index in [9.17, 15) is 4.79 Å². The Hall–Kier alpha value is -3.29. The van der Waals surface area contributed by atoms with Crippen LogP contribution in [0.15, 0.2) is 104 Å². The van der Waals surface area contributed by atoms with Crippen LogP contribution < -0.4 is 0 Å². The van der Waals surface area contributed by atoms with Crippen LogP contribution in [0.4, 0.5) is 0 Å². The van der Waals surface area contributed by atoms with E-state index in [0.717, 1.165) is 16.7 Å². The normalized spacial score (nSPS) is 23.3. The van der Waals surface area contributed by atoms with Gasteiger partial charge in [0, 0.05) is 0 Å². The molecule has 1 saturated heterocycles. The molecule has 0 aliphatic carbocycles. The van der Waals surface area contributed by atoms with Crippen LogP contribution in [0.5, 0.6) is 0 Å². The van der Waals surface area contributed by atoms with Crippen LogP contribution >= 0.6 is 0 Å². The Morgan fingerprint density at radius 2 is 1.19 bits per heavy atom. The van der Waals surface area contributed by atoms with Gasteiger partial charge in [-0.3, -0.25) is 4.79 Å². The topological polar surface area (TPSA) is 63.2 Å². The van der Waals surface area contributed by atoms with Gasteiger partial charge in [0.25, 0.3) is 6.47 Å². The van der Waals surface area contributed by atoms with Crippen molar-refractivity contribution in [1.82, 2.24) is 0 Å². The fourth-order valence-electron chi connectivity index (χ4n) is 4.50. The molecule has 6 nitrogen and oxygen atoms in total. The molecule has 1 fully saturated rings. The van der Waals surface area contributed by atoms with E-state index in [2.05, 4.69) is 6.58 Å². The first-order valence-corrected chi connectivity index (χ1v) is 12.6. The highest BCUT2D eigenvalue weighted by atomic mass is 16.6. The van der Waals surface area contributed by atoms with Crippen LogP contribution in [0.2, 0.25) is 0 Å². The Bertz CT molecular complexity index is 1060. The summed E-state index contributed by atoms with van der Waals surface area (Å²) in [5.41, 5.74) is 3.11. The number of benzene rings is 3. The molecule has 1 aliphatic rings. The molecule has 0 bridgehead atoms. The molecule has 3 aromatic carbocycles. The lowest BCUT2D eigenvalue weighted by Crippen LogP contribution is -2.61. The average molecular weight is 503 g/mol. The van der Waals surface area contributed by atoms with Gasteiger partial charge in [0.2, 0.25) is 0 Å². The Morgan fingerprint density at radius 3 is 1.70 bits per heavy atom. The van der Waals surface area contributed by atoms with Crippen LogP contribution in [0.1, 0.15) is 23.1 Å². The van der Waals surface area contributed by atoms with Crippen LogP contribution in [0.25, 0.3) is 0 Å². The zero-order valence-electron chi connectivity index (χ0n) is 20.9. The van der Waals surface area contributed by atoms with Gasteiger partial charge >= 0.3 is 0 Å². The van der Waals surface area contributed by atoms with Crippen molar-refractivity contribution in [3.05, 3.63) is 120 Å². The summed E-state index contributed by atoms with van der Waals surface area (Å²) in [5.74, 6) is 0. The maximum atomic E-state index is 11.5. The third-order valence-electron chi connectivity index (χ3n) is 6.31. The van der Waals surface area contributed by atoms with Crippen molar-refractivity contribution in [3.8, 4) is 0 Å². The highest BCUT2D eigenvalue weighted by molar-refractivity contribution is 5.38. The number of carbonyl (C=O) groups is 1. The van der Waals surface area contributed by atoms with Crippen molar-refractivity contribution in [3.63, 3.8) is 0 Å². The molecule has 1 heterocycles. The van der Waals surface area contributed by atoms with Crippen molar-refractivity contribution < 1.29 is 28.5 Å². The molecule has 3 aromatic rings. The summed E-state index contributed by atoms with van der Waals surface area (Å²) in [5, 5.41) is 0. The van der Waals surface area contributed by atoms with E-state index in [0.29, 0.717) is 39.3 Å². The van der Waals surface area contributed by atoms with E-state index >= 15 is 0 Å². The highest BCUT2D eigenvalue weighted by Gasteiger charge is 2.48. The van der Waals surface area contributed by atoms with Gasteiger partial charge in [0.1, 0.15) is 24.4 Å². The van der Waals surface area contributed by atoms with E-state index in [1.807, 2.05) is 91.0 Å². The molecule has 0 amide bonds. The highest BCUT2D eigenvalue weighted by Crippen LogP contribution is 2.31. The molecule has 1 aliphatic heterocycles. The Labute approximate surface area is 218 Å². The molecule has 0 N–H and O–H groups in total. The minimum atomic E-state index is -0.662. The number of ether oxygens (including phenoxy) is 5. The fraction of sp³-hybridized carbons (Fsp3) is 0.323. The zero-order chi connectivity index (χ0) is 25.7. The van der Waals surface area contributed by atoms with Crippen LogP contribution in [0.3, 0.4) is 0 Å². The molecule has 194 valence electrons. The molecule has 5 atom stereocenters. The van der Waals surface area contributed by atoms with Gasteiger partial charge in [-0.05, 0) is 23.1 Å². The molecule has 6 heteroatoms. The largest absolute Gasteiger partial charge is 0.459 e. The lowest BCUT2D eigenvalue weighted by atomic mass is 9.92. The van der Waals surface area contributed by atoms with E-state index < -0.39 is 30.5 Å². The van der Waals surface area contributed by atoms with Crippen molar-refractivity contribution in [2.45, 2.75) is 56.8 Å². The fourth-order valence-corrected chi connectivity index (χ4v) is 4.50. The number of hydrogen-bond acceptors (Lipinski definition) is 6. The summed E-state index contributed by atoms with van der Waals surface area (Å²) in [6.07, 6.45) is -0.401. The summed E-state index contributed by atoms with van der Waals surface area (Å²) in [6, 6.07) is 29.8. The molecule has 0 radical (unpaired) electrons. The lowest BCUT2D eigenvalue weighted by Gasteiger charge is -2.45. The summed E-state index contributed by atoms with van der Waals surface area (Å²) >= 11 is 0. The number of rotatable bonds is 14. The van der Waals surface area contributed by atoms with Gasteiger partial charge in [-0.2, -0.15) is 0 Å². The predicted octanol–water partition coefficient (Wildman–Crippen LogP) is 5.26. The molecule has 37 heavy (non-hydrogen) atoms. The van der Waals surface area contributed by atoms with Gasteiger partial charge < -0.3 is 23.7 Å². The van der Waals surface area contributed by atoms with Gasteiger partial charge in [0.15, 0.2) is 6.10 Å². The summed E-state index contributed by atoms with van der Waals surface area (Å²) in [7, 11) is 0. The van der Waals surface area contributed by atoms with Gasteiger partial charge in [-0.25, -0.2) is 0 Å². The van der Waals surface area contributed by atoms with Crippen LogP contribution in [-0.4, -0.2) is 43.6 Å². The Kier molecular flexibility index (Phi) is 10.5. The molecular formula is C31H34O6. The first-order chi connectivity index (χ1) is 18.3. The minimum absolute atomic E-state index is 0.293. The smallest absolute Gasteiger partial charge is 0.293 e. The summed E-state index contributed by atoms with van der Waals surface area (Å²) in [4.78, 5) is 11.5. The number of carbonyl (C=O) groups excluding carboxylic acids is 1. The maximum absolute atomic E-state index is 11.5. The van der Waals surface area contributed by atoms with E-state index in [-0.39, 0.29) is 0 Å². The molecule has 0 unspecified atom stereocenters. The van der Waals surface area contributed by atoms with E-state index in [4.69, 9.17) is 23.7 Å². The molecule has 0 aromatic heterocycles. The van der Waals surface area contributed by atoms with Crippen molar-refractivity contribution >= 4 is 6.47 Å². The third-order valence-corrected chi connectivity index (χ3v) is 6.31. The van der Waals surface area contributed by atoms with Crippen molar-refractivity contribution in [2.75, 3.05) is 6.61 Å². The quantitative estimate of drug-likeness (QED) is 0.221. The second-order valence-electron chi connectivity index (χ2n) is 8.96. The van der Waals surface area contributed by atoms with Crippen LogP contribution in [0, 0.1) is 0 Å². The van der Waals surface area contributed by atoms with Gasteiger partial charge in [-0.15, -0.1) is 6.58 Å². The average Bonchev–Trinajstić information content (AvgIpc) is 2.94. The second-order valence-corrected chi connectivity index (χ2v) is 8.96.